The molecule has 2 nitrogen and oxygen atoms in total. The minimum absolute atomic E-state index is 0.388. The van der Waals surface area contributed by atoms with Crippen LogP contribution in [-0.4, -0.2) is 26.8 Å². The summed E-state index contributed by atoms with van der Waals surface area (Å²) in [5.74, 6) is 0.388. The fraction of sp³-hybridized carbons (Fsp3) is 0.294. The van der Waals surface area contributed by atoms with Gasteiger partial charge in [-0.3, -0.25) is 0 Å². The Bertz CT molecular complexity index is 416. The SMILES string of the molecule is COCCNCC(c1ccccc1)c1ccccc1. The second kappa shape index (κ2) is 7.72. The molecule has 0 unspecified atom stereocenters. The van der Waals surface area contributed by atoms with Crippen LogP contribution in [-0.2, 0) is 4.74 Å². The Kier molecular flexibility index (Phi) is 5.60. The molecule has 0 aliphatic heterocycles. The van der Waals surface area contributed by atoms with Gasteiger partial charge in [-0.05, 0) is 11.1 Å². The molecule has 19 heavy (non-hydrogen) atoms. The van der Waals surface area contributed by atoms with Gasteiger partial charge in [-0.15, -0.1) is 0 Å². The van der Waals surface area contributed by atoms with Crippen LogP contribution >= 0.6 is 0 Å². The minimum atomic E-state index is 0.388. The number of rotatable bonds is 7. The van der Waals surface area contributed by atoms with Gasteiger partial charge in [0.05, 0.1) is 6.61 Å². The standard InChI is InChI=1S/C17H21NO/c1-19-13-12-18-14-17(15-8-4-2-5-9-15)16-10-6-3-7-11-16/h2-11,17-18H,12-14H2,1H3. The summed E-state index contributed by atoms with van der Waals surface area (Å²) in [6.07, 6.45) is 0. The third-order valence-corrected chi connectivity index (χ3v) is 3.24. The second-order valence-electron chi connectivity index (χ2n) is 4.57. The van der Waals surface area contributed by atoms with Gasteiger partial charge in [0.25, 0.3) is 0 Å². The predicted octanol–water partition coefficient (Wildman–Crippen LogP) is 3.05. The first kappa shape index (κ1) is 13.8. The first-order valence-electron chi connectivity index (χ1n) is 6.71. The number of hydrogen-bond donors (Lipinski definition) is 1. The lowest BCUT2D eigenvalue weighted by Crippen LogP contribution is -2.25. The first-order valence-corrected chi connectivity index (χ1v) is 6.71. The Balaban J connectivity index is 2.10. The average Bonchev–Trinajstić information content (AvgIpc) is 2.49. The number of benzene rings is 2. The fourth-order valence-corrected chi connectivity index (χ4v) is 2.22. The lowest BCUT2D eigenvalue weighted by Gasteiger charge is -2.18. The van der Waals surface area contributed by atoms with E-state index in [1.165, 1.54) is 11.1 Å². The van der Waals surface area contributed by atoms with E-state index in [1.807, 2.05) is 0 Å². The van der Waals surface area contributed by atoms with Crippen LogP contribution in [0.5, 0.6) is 0 Å². The van der Waals surface area contributed by atoms with Crippen LogP contribution in [0.2, 0.25) is 0 Å². The van der Waals surface area contributed by atoms with Crippen LogP contribution in [0.1, 0.15) is 17.0 Å². The van der Waals surface area contributed by atoms with Crippen LogP contribution in [0, 0.1) is 0 Å². The van der Waals surface area contributed by atoms with Crippen molar-refractivity contribution in [2.75, 3.05) is 26.8 Å². The van der Waals surface area contributed by atoms with E-state index >= 15 is 0 Å². The maximum atomic E-state index is 5.07. The summed E-state index contributed by atoms with van der Waals surface area (Å²) < 4.78 is 5.07. The molecule has 0 saturated heterocycles. The summed E-state index contributed by atoms with van der Waals surface area (Å²) in [6.45, 7) is 2.56. The maximum absolute atomic E-state index is 5.07. The Labute approximate surface area is 115 Å². The highest BCUT2D eigenvalue weighted by molar-refractivity contribution is 5.32. The highest BCUT2D eigenvalue weighted by Crippen LogP contribution is 2.23. The van der Waals surface area contributed by atoms with Gasteiger partial charge in [-0.1, -0.05) is 60.7 Å². The summed E-state index contributed by atoms with van der Waals surface area (Å²) in [5, 5.41) is 3.46. The zero-order valence-corrected chi connectivity index (χ0v) is 11.4. The molecular formula is C17H21NO. The van der Waals surface area contributed by atoms with Crippen molar-refractivity contribution in [1.82, 2.24) is 5.32 Å². The van der Waals surface area contributed by atoms with Gasteiger partial charge in [0, 0.05) is 26.1 Å². The number of hydrogen-bond acceptors (Lipinski definition) is 2. The van der Waals surface area contributed by atoms with Gasteiger partial charge in [-0.2, -0.15) is 0 Å². The topological polar surface area (TPSA) is 21.3 Å². The van der Waals surface area contributed by atoms with E-state index in [1.54, 1.807) is 7.11 Å². The molecule has 0 aliphatic rings. The van der Waals surface area contributed by atoms with Crippen molar-refractivity contribution >= 4 is 0 Å². The zero-order valence-electron chi connectivity index (χ0n) is 11.4. The quantitative estimate of drug-likeness (QED) is 0.768. The molecule has 2 aromatic carbocycles. The molecule has 0 atom stereocenters. The van der Waals surface area contributed by atoms with Crippen molar-refractivity contribution in [3.8, 4) is 0 Å². The molecule has 2 aromatic rings. The van der Waals surface area contributed by atoms with Crippen LogP contribution < -0.4 is 5.32 Å². The van der Waals surface area contributed by atoms with Crippen molar-refractivity contribution < 1.29 is 4.74 Å². The first-order chi connectivity index (χ1) is 9.42. The molecule has 0 radical (unpaired) electrons. The Hall–Kier alpha value is -1.64. The van der Waals surface area contributed by atoms with E-state index in [0.717, 1.165) is 19.7 Å². The highest BCUT2D eigenvalue weighted by atomic mass is 16.5. The summed E-state index contributed by atoms with van der Waals surface area (Å²) in [5.41, 5.74) is 2.69. The van der Waals surface area contributed by atoms with Gasteiger partial charge in [0.2, 0.25) is 0 Å². The lowest BCUT2D eigenvalue weighted by molar-refractivity contribution is 0.199. The third kappa shape index (κ3) is 4.19. The fourth-order valence-electron chi connectivity index (χ4n) is 2.22. The summed E-state index contributed by atoms with van der Waals surface area (Å²) in [6, 6.07) is 21.3. The monoisotopic (exact) mass is 255 g/mol. The molecule has 2 heteroatoms. The number of ether oxygens (including phenoxy) is 1. The molecule has 2 rings (SSSR count). The summed E-state index contributed by atoms with van der Waals surface area (Å²) in [4.78, 5) is 0. The van der Waals surface area contributed by atoms with E-state index in [2.05, 4.69) is 66.0 Å². The summed E-state index contributed by atoms with van der Waals surface area (Å²) >= 11 is 0. The van der Waals surface area contributed by atoms with Gasteiger partial charge in [-0.25, -0.2) is 0 Å². The van der Waals surface area contributed by atoms with Gasteiger partial charge in [0.15, 0.2) is 0 Å². The van der Waals surface area contributed by atoms with Crippen LogP contribution in [0.15, 0.2) is 60.7 Å². The zero-order chi connectivity index (χ0) is 13.3. The van der Waals surface area contributed by atoms with Crippen molar-refractivity contribution in [2.45, 2.75) is 5.92 Å². The van der Waals surface area contributed by atoms with E-state index in [4.69, 9.17) is 4.74 Å². The van der Waals surface area contributed by atoms with Gasteiger partial charge >= 0.3 is 0 Å². The minimum Gasteiger partial charge on any atom is -0.383 e. The van der Waals surface area contributed by atoms with E-state index in [-0.39, 0.29) is 0 Å². The molecular weight excluding hydrogens is 234 g/mol. The lowest BCUT2D eigenvalue weighted by atomic mass is 9.91. The Morgan fingerprint density at radius 2 is 1.42 bits per heavy atom. The molecule has 100 valence electrons. The number of methoxy groups -OCH3 is 1. The molecule has 0 bridgehead atoms. The molecule has 0 heterocycles. The van der Waals surface area contributed by atoms with Crippen LogP contribution in [0.3, 0.4) is 0 Å². The van der Waals surface area contributed by atoms with Crippen LogP contribution in [0.4, 0.5) is 0 Å². The molecule has 0 spiro atoms. The highest BCUT2D eigenvalue weighted by Gasteiger charge is 2.12. The third-order valence-electron chi connectivity index (χ3n) is 3.24. The second-order valence-corrected chi connectivity index (χ2v) is 4.57. The Morgan fingerprint density at radius 1 is 0.895 bits per heavy atom. The van der Waals surface area contributed by atoms with E-state index in [0.29, 0.717) is 5.92 Å². The molecule has 0 saturated carbocycles. The van der Waals surface area contributed by atoms with Gasteiger partial charge < -0.3 is 10.1 Å². The molecule has 0 amide bonds. The molecule has 0 fully saturated rings. The predicted molar refractivity (Wildman–Crippen MR) is 79.5 cm³/mol. The van der Waals surface area contributed by atoms with Crippen LogP contribution in [0.25, 0.3) is 0 Å². The maximum Gasteiger partial charge on any atom is 0.0587 e. The van der Waals surface area contributed by atoms with Crippen molar-refractivity contribution in [2.24, 2.45) is 0 Å². The van der Waals surface area contributed by atoms with E-state index in [9.17, 15) is 0 Å². The smallest absolute Gasteiger partial charge is 0.0587 e. The van der Waals surface area contributed by atoms with Gasteiger partial charge in [0.1, 0.15) is 0 Å². The van der Waals surface area contributed by atoms with Crippen molar-refractivity contribution in [3.05, 3.63) is 71.8 Å². The molecule has 1 N–H and O–H groups in total. The molecule has 0 aromatic heterocycles. The normalized spacial score (nSPS) is 10.8. The van der Waals surface area contributed by atoms with E-state index < -0.39 is 0 Å². The average molecular weight is 255 g/mol. The Morgan fingerprint density at radius 3 is 1.89 bits per heavy atom. The number of nitrogens with one attached hydrogen (secondary N) is 1. The van der Waals surface area contributed by atoms with Crippen molar-refractivity contribution in [3.63, 3.8) is 0 Å². The summed E-state index contributed by atoms with van der Waals surface area (Å²) in [7, 11) is 1.73. The van der Waals surface area contributed by atoms with Crippen molar-refractivity contribution in [1.29, 1.82) is 0 Å². The largest absolute Gasteiger partial charge is 0.383 e. The molecule has 0 aliphatic carbocycles.